The molecule has 4 nitrogen and oxygen atoms in total. The maximum atomic E-state index is 5.51. The topological polar surface area (TPSA) is 36.9 Å². The highest BCUT2D eigenvalue weighted by molar-refractivity contribution is 5.49. The second-order valence-electron chi connectivity index (χ2n) is 5.02. The predicted octanol–water partition coefficient (Wildman–Crippen LogP) is 3.62. The van der Waals surface area contributed by atoms with Gasteiger partial charge in [0.2, 0.25) is 0 Å². The van der Waals surface area contributed by atoms with Crippen LogP contribution in [0.5, 0.6) is 23.0 Å². The van der Waals surface area contributed by atoms with Crippen molar-refractivity contribution >= 4 is 0 Å². The first-order valence-corrected chi connectivity index (χ1v) is 7.04. The van der Waals surface area contributed by atoms with Crippen LogP contribution in [0.15, 0.2) is 30.3 Å². The number of methoxy groups -OCH3 is 4. The van der Waals surface area contributed by atoms with Crippen LogP contribution in [0.4, 0.5) is 0 Å². The highest BCUT2D eigenvalue weighted by Gasteiger charge is 2.12. The molecule has 0 N–H and O–H groups in total. The molecule has 0 atom stereocenters. The Hall–Kier alpha value is -2.36. The summed E-state index contributed by atoms with van der Waals surface area (Å²) in [7, 11) is 6.63. The zero-order valence-electron chi connectivity index (χ0n) is 13.7. The summed E-state index contributed by atoms with van der Waals surface area (Å²) in [5.74, 6) is 3.17. The summed E-state index contributed by atoms with van der Waals surface area (Å²) in [6.07, 6.45) is 0.729. The predicted molar refractivity (Wildman–Crippen MR) is 86.6 cm³/mol. The van der Waals surface area contributed by atoms with Crippen LogP contribution in [-0.4, -0.2) is 28.4 Å². The minimum atomic E-state index is 0.729. The SMILES string of the molecule is COc1cc(Cc2c(C)cc(OC)cc2OC)cc(OC)c1. The van der Waals surface area contributed by atoms with E-state index in [0.717, 1.165) is 46.1 Å². The lowest BCUT2D eigenvalue weighted by Gasteiger charge is -2.15. The largest absolute Gasteiger partial charge is 0.497 e. The summed E-state index contributed by atoms with van der Waals surface area (Å²) >= 11 is 0. The average molecular weight is 302 g/mol. The van der Waals surface area contributed by atoms with Crippen molar-refractivity contribution in [3.63, 3.8) is 0 Å². The Morgan fingerprint density at radius 3 is 1.73 bits per heavy atom. The Kier molecular flexibility index (Phi) is 5.15. The fourth-order valence-corrected chi connectivity index (χ4v) is 2.45. The summed E-state index contributed by atoms with van der Waals surface area (Å²) in [4.78, 5) is 0. The summed E-state index contributed by atoms with van der Waals surface area (Å²) < 4.78 is 21.5. The van der Waals surface area contributed by atoms with Crippen molar-refractivity contribution in [2.75, 3.05) is 28.4 Å². The van der Waals surface area contributed by atoms with E-state index >= 15 is 0 Å². The molecule has 0 fully saturated rings. The van der Waals surface area contributed by atoms with Crippen molar-refractivity contribution in [1.82, 2.24) is 0 Å². The normalized spacial score (nSPS) is 10.2. The minimum Gasteiger partial charge on any atom is -0.497 e. The van der Waals surface area contributed by atoms with E-state index in [-0.39, 0.29) is 0 Å². The van der Waals surface area contributed by atoms with Crippen LogP contribution in [0.1, 0.15) is 16.7 Å². The van der Waals surface area contributed by atoms with Crippen LogP contribution in [0, 0.1) is 6.92 Å². The molecule has 0 aliphatic rings. The number of rotatable bonds is 6. The van der Waals surface area contributed by atoms with Gasteiger partial charge >= 0.3 is 0 Å². The van der Waals surface area contributed by atoms with Crippen LogP contribution in [0.2, 0.25) is 0 Å². The third-order valence-corrected chi connectivity index (χ3v) is 3.65. The van der Waals surface area contributed by atoms with Gasteiger partial charge in [-0.25, -0.2) is 0 Å². The van der Waals surface area contributed by atoms with Gasteiger partial charge in [0.25, 0.3) is 0 Å². The Labute approximate surface area is 131 Å². The molecule has 0 unspecified atom stereocenters. The van der Waals surface area contributed by atoms with Gasteiger partial charge in [-0.1, -0.05) is 0 Å². The zero-order chi connectivity index (χ0) is 16.1. The zero-order valence-corrected chi connectivity index (χ0v) is 13.7. The number of hydrogen-bond acceptors (Lipinski definition) is 4. The van der Waals surface area contributed by atoms with Gasteiger partial charge in [-0.3, -0.25) is 0 Å². The average Bonchev–Trinajstić information content (AvgIpc) is 2.55. The van der Waals surface area contributed by atoms with Crippen molar-refractivity contribution in [3.8, 4) is 23.0 Å². The van der Waals surface area contributed by atoms with Crippen molar-refractivity contribution < 1.29 is 18.9 Å². The molecule has 0 amide bonds. The number of benzene rings is 2. The van der Waals surface area contributed by atoms with E-state index < -0.39 is 0 Å². The van der Waals surface area contributed by atoms with Crippen LogP contribution >= 0.6 is 0 Å². The van der Waals surface area contributed by atoms with Crippen molar-refractivity contribution in [3.05, 3.63) is 47.0 Å². The maximum absolute atomic E-state index is 5.51. The van der Waals surface area contributed by atoms with Gasteiger partial charge in [-0.15, -0.1) is 0 Å². The molecule has 0 bridgehead atoms. The summed E-state index contributed by atoms with van der Waals surface area (Å²) in [5.41, 5.74) is 3.35. The third-order valence-electron chi connectivity index (χ3n) is 3.65. The first kappa shape index (κ1) is 16.0. The fraction of sp³-hybridized carbons (Fsp3) is 0.333. The number of ether oxygens (including phenoxy) is 4. The van der Waals surface area contributed by atoms with Crippen LogP contribution in [0.3, 0.4) is 0 Å². The molecule has 0 aliphatic heterocycles. The monoisotopic (exact) mass is 302 g/mol. The first-order valence-electron chi connectivity index (χ1n) is 7.04. The molecule has 4 heteroatoms. The molecule has 2 aromatic rings. The van der Waals surface area contributed by atoms with Crippen molar-refractivity contribution in [2.45, 2.75) is 13.3 Å². The Morgan fingerprint density at radius 2 is 1.23 bits per heavy atom. The van der Waals surface area contributed by atoms with Gasteiger partial charge < -0.3 is 18.9 Å². The van der Waals surface area contributed by atoms with Gasteiger partial charge in [0, 0.05) is 24.1 Å². The van der Waals surface area contributed by atoms with E-state index in [1.165, 1.54) is 0 Å². The summed E-state index contributed by atoms with van der Waals surface area (Å²) in [5, 5.41) is 0. The Bertz CT molecular complexity index is 628. The molecule has 0 heterocycles. The smallest absolute Gasteiger partial charge is 0.126 e. The molecule has 118 valence electrons. The summed E-state index contributed by atoms with van der Waals surface area (Å²) in [6, 6.07) is 9.79. The lowest BCUT2D eigenvalue weighted by molar-refractivity contribution is 0.389. The quantitative estimate of drug-likeness (QED) is 0.816. The van der Waals surface area contributed by atoms with E-state index in [1.807, 2.05) is 30.3 Å². The van der Waals surface area contributed by atoms with Gasteiger partial charge in [-0.05, 0) is 36.2 Å². The molecule has 2 rings (SSSR count). The molecule has 0 aliphatic carbocycles. The molecule has 0 saturated heterocycles. The lowest BCUT2D eigenvalue weighted by Crippen LogP contribution is -1.99. The van der Waals surface area contributed by atoms with Crippen molar-refractivity contribution in [2.24, 2.45) is 0 Å². The Balaban J connectivity index is 2.42. The standard InChI is InChI=1S/C18H22O4/c1-12-6-14(19-2)11-18(22-5)17(12)9-13-7-15(20-3)10-16(8-13)21-4/h6-8,10-11H,9H2,1-5H3. The van der Waals surface area contributed by atoms with E-state index in [0.29, 0.717) is 0 Å². The van der Waals surface area contributed by atoms with Crippen LogP contribution < -0.4 is 18.9 Å². The van der Waals surface area contributed by atoms with Crippen LogP contribution in [0.25, 0.3) is 0 Å². The third kappa shape index (κ3) is 3.45. The molecule has 0 aromatic heterocycles. The van der Waals surface area contributed by atoms with E-state index in [4.69, 9.17) is 18.9 Å². The van der Waals surface area contributed by atoms with Gasteiger partial charge in [0.05, 0.1) is 28.4 Å². The maximum Gasteiger partial charge on any atom is 0.126 e. The highest BCUT2D eigenvalue weighted by atomic mass is 16.5. The second kappa shape index (κ2) is 7.07. The fourth-order valence-electron chi connectivity index (χ4n) is 2.45. The van der Waals surface area contributed by atoms with Crippen molar-refractivity contribution in [1.29, 1.82) is 0 Å². The summed E-state index contributed by atoms with van der Waals surface area (Å²) in [6.45, 7) is 2.05. The van der Waals surface area contributed by atoms with E-state index in [1.54, 1.807) is 28.4 Å². The Morgan fingerprint density at radius 1 is 0.682 bits per heavy atom. The van der Waals surface area contributed by atoms with E-state index in [9.17, 15) is 0 Å². The van der Waals surface area contributed by atoms with Crippen LogP contribution in [-0.2, 0) is 6.42 Å². The molecular weight excluding hydrogens is 280 g/mol. The first-order chi connectivity index (χ1) is 10.6. The molecule has 0 saturated carbocycles. The van der Waals surface area contributed by atoms with Gasteiger partial charge in [-0.2, -0.15) is 0 Å². The molecule has 2 aromatic carbocycles. The van der Waals surface area contributed by atoms with E-state index in [2.05, 4.69) is 6.92 Å². The lowest BCUT2D eigenvalue weighted by atomic mass is 9.98. The molecule has 22 heavy (non-hydrogen) atoms. The number of aryl methyl sites for hydroxylation is 1. The van der Waals surface area contributed by atoms with Gasteiger partial charge in [0.1, 0.15) is 23.0 Å². The molecule has 0 spiro atoms. The second-order valence-corrected chi connectivity index (χ2v) is 5.02. The minimum absolute atomic E-state index is 0.729. The number of hydrogen-bond donors (Lipinski definition) is 0. The molecular formula is C18H22O4. The van der Waals surface area contributed by atoms with Gasteiger partial charge in [0.15, 0.2) is 0 Å². The molecule has 0 radical (unpaired) electrons. The highest BCUT2D eigenvalue weighted by Crippen LogP contribution is 2.32.